The second kappa shape index (κ2) is 6.34. The fourth-order valence-electron chi connectivity index (χ4n) is 3.61. The van der Waals surface area contributed by atoms with Crippen LogP contribution in [0.25, 0.3) is 0 Å². The Bertz CT molecular complexity index is 563. The van der Waals surface area contributed by atoms with Crippen LogP contribution in [0.3, 0.4) is 0 Å². The molecule has 1 saturated heterocycles. The van der Waals surface area contributed by atoms with Gasteiger partial charge in [-0.15, -0.1) is 0 Å². The van der Waals surface area contributed by atoms with Crippen LogP contribution in [-0.4, -0.2) is 47.8 Å². The molecule has 0 aromatic heterocycles. The highest BCUT2D eigenvalue weighted by Crippen LogP contribution is 2.33. The molecular formula is C17H22FNO3. The number of hydrogen-bond acceptors (Lipinski definition) is 3. The lowest BCUT2D eigenvalue weighted by atomic mass is 9.93. The first kappa shape index (κ1) is 15.4. The van der Waals surface area contributed by atoms with Crippen molar-refractivity contribution in [2.45, 2.75) is 38.3 Å². The standard InChI is InChI=1S/C17H22FNO3/c1-11-4-2-6-13(16(11)18)17(21)19-8-9-22-10-14(19)12-5-3-7-15(12)20/h2,4,6,12,14-15,20H,3,5,7-10H2,1H3/t12-,14+,15+/m0/s1. The first-order valence-corrected chi connectivity index (χ1v) is 7.91. The summed E-state index contributed by atoms with van der Waals surface area (Å²) in [6.07, 6.45) is 2.21. The molecule has 0 bridgehead atoms. The number of morpholine rings is 1. The smallest absolute Gasteiger partial charge is 0.257 e. The molecule has 3 rings (SSSR count). The zero-order valence-corrected chi connectivity index (χ0v) is 12.8. The monoisotopic (exact) mass is 307 g/mol. The van der Waals surface area contributed by atoms with Crippen molar-refractivity contribution in [2.75, 3.05) is 19.8 Å². The summed E-state index contributed by atoms with van der Waals surface area (Å²) in [6.45, 7) is 2.98. The third-order valence-electron chi connectivity index (χ3n) is 4.87. The molecule has 0 unspecified atom stereocenters. The van der Waals surface area contributed by atoms with Crippen molar-refractivity contribution in [3.05, 3.63) is 35.1 Å². The molecule has 1 aromatic carbocycles. The average molecular weight is 307 g/mol. The Kier molecular flexibility index (Phi) is 4.45. The maximum absolute atomic E-state index is 14.3. The number of aliphatic hydroxyl groups excluding tert-OH is 1. The molecular weight excluding hydrogens is 285 g/mol. The minimum atomic E-state index is -0.454. The Morgan fingerprint density at radius 3 is 2.95 bits per heavy atom. The Hall–Kier alpha value is -1.46. The van der Waals surface area contributed by atoms with Crippen molar-refractivity contribution < 1.29 is 19.0 Å². The summed E-state index contributed by atoms with van der Waals surface area (Å²) < 4.78 is 19.8. The van der Waals surface area contributed by atoms with Crippen LogP contribution >= 0.6 is 0 Å². The Balaban J connectivity index is 1.87. The quantitative estimate of drug-likeness (QED) is 0.910. The van der Waals surface area contributed by atoms with E-state index in [0.717, 1.165) is 19.3 Å². The number of carbonyl (C=O) groups excluding carboxylic acids is 1. The average Bonchev–Trinajstić information content (AvgIpc) is 2.95. The second-order valence-corrected chi connectivity index (χ2v) is 6.24. The summed E-state index contributed by atoms with van der Waals surface area (Å²) in [5.41, 5.74) is 0.580. The molecule has 3 atom stereocenters. The Morgan fingerprint density at radius 2 is 2.23 bits per heavy atom. The van der Waals surface area contributed by atoms with Crippen molar-refractivity contribution in [3.63, 3.8) is 0 Å². The van der Waals surface area contributed by atoms with Crippen molar-refractivity contribution in [1.29, 1.82) is 0 Å². The summed E-state index contributed by atoms with van der Waals surface area (Å²) in [5, 5.41) is 10.1. The molecule has 2 aliphatic rings. The third kappa shape index (κ3) is 2.75. The van der Waals surface area contributed by atoms with Crippen molar-refractivity contribution in [1.82, 2.24) is 4.90 Å². The molecule has 1 N–H and O–H groups in total. The molecule has 2 fully saturated rings. The molecule has 1 aromatic rings. The van der Waals surface area contributed by atoms with Crippen LogP contribution in [-0.2, 0) is 4.74 Å². The summed E-state index contributed by atoms with van der Waals surface area (Å²) in [4.78, 5) is 14.5. The fourth-order valence-corrected chi connectivity index (χ4v) is 3.61. The van der Waals surface area contributed by atoms with Crippen LogP contribution < -0.4 is 0 Å². The second-order valence-electron chi connectivity index (χ2n) is 6.24. The van der Waals surface area contributed by atoms with E-state index in [0.29, 0.717) is 25.3 Å². The van der Waals surface area contributed by atoms with E-state index < -0.39 is 11.9 Å². The normalized spacial score (nSPS) is 28.9. The summed E-state index contributed by atoms with van der Waals surface area (Å²) in [5.74, 6) is -0.726. The van der Waals surface area contributed by atoms with Crippen LogP contribution in [0.4, 0.5) is 4.39 Å². The Labute approximate surface area is 129 Å². The Morgan fingerprint density at radius 1 is 1.41 bits per heavy atom. The highest BCUT2D eigenvalue weighted by atomic mass is 19.1. The molecule has 1 aliphatic carbocycles. The lowest BCUT2D eigenvalue weighted by Gasteiger charge is -2.40. The molecule has 1 saturated carbocycles. The highest BCUT2D eigenvalue weighted by Gasteiger charge is 2.40. The number of benzene rings is 1. The highest BCUT2D eigenvalue weighted by molar-refractivity contribution is 5.95. The fraction of sp³-hybridized carbons (Fsp3) is 0.588. The van der Waals surface area contributed by atoms with E-state index >= 15 is 0 Å². The van der Waals surface area contributed by atoms with Gasteiger partial charge in [0.2, 0.25) is 0 Å². The molecule has 0 spiro atoms. The van der Waals surface area contributed by atoms with Crippen molar-refractivity contribution in [2.24, 2.45) is 5.92 Å². The number of halogens is 1. The number of carbonyl (C=O) groups is 1. The summed E-state index contributed by atoms with van der Waals surface area (Å²) in [6, 6.07) is 4.72. The number of hydrogen-bond donors (Lipinski definition) is 1. The van der Waals surface area contributed by atoms with Gasteiger partial charge in [-0.05, 0) is 31.4 Å². The van der Waals surface area contributed by atoms with Gasteiger partial charge in [0.25, 0.3) is 5.91 Å². The van der Waals surface area contributed by atoms with Gasteiger partial charge in [-0.3, -0.25) is 4.79 Å². The SMILES string of the molecule is Cc1cccc(C(=O)N2CCOC[C@@H]2[C@@H]2CCC[C@H]2O)c1F. The first-order valence-electron chi connectivity index (χ1n) is 7.91. The van der Waals surface area contributed by atoms with Crippen molar-refractivity contribution in [3.8, 4) is 0 Å². The molecule has 22 heavy (non-hydrogen) atoms. The van der Waals surface area contributed by atoms with E-state index in [2.05, 4.69) is 0 Å². The van der Waals surface area contributed by atoms with Crippen molar-refractivity contribution >= 4 is 5.91 Å². The van der Waals surface area contributed by atoms with Crippen LogP contribution in [0.2, 0.25) is 0 Å². The van der Waals surface area contributed by atoms with Crippen LogP contribution in [0.15, 0.2) is 18.2 Å². The van der Waals surface area contributed by atoms with Gasteiger partial charge in [-0.1, -0.05) is 18.6 Å². The van der Waals surface area contributed by atoms with E-state index in [1.54, 1.807) is 24.0 Å². The number of rotatable bonds is 2. The summed E-state index contributed by atoms with van der Waals surface area (Å²) in [7, 11) is 0. The lowest BCUT2D eigenvalue weighted by Crippen LogP contribution is -2.53. The van der Waals surface area contributed by atoms with E-state index in [1.165, 1.54) is 6.07 Å². The minimum absolute atomic E-state index is 0.0251. The van der Waals surface area contributed by atoms with Gasteiger partial charge >= 0.3 is 0 Å². The number of ether oxygens (including phenoxy) is 1. The maximum atomic E-state index is 14.3. The van der Waals surface area contributed by atoms with Crippen LogP contribution in [0.5, 0.6) is 0 Å². The van der Waals surface area contributed by atoms with E-state index in [4.69, 9.17) is 4.74 Å². The number of amides is 1. The lowest BCUT2D eigenvalue weighted by molar-refractivity contribution is -0.0385. The van der Waals surface area contributed by atoms with Gasteiger partial charge in [0.15, 0.2) is 0 Å². The molecule has 1 amide bonds. The minimum Gasteiger partial charge on any atom is -0.393 e. The van der Waals surface area contributed by atoms with E-state index in [9.17, 15) is 14.3 Å². The molecule has 1 heterocycles. The predicted molar refractivity (Wildman–Crippen MR) is 80.1 cm³/mol. The van der Waals surface area contributed by atoms with Gasteiger partial charge in [0.1, 0.15) is 5.82 Å². The number of aliphatic hydroxyl groups is 1. The van der Waals surface area contributed by atoms with Gasteiger partial charge in [0, 0.05) is 12.5 Å². The molecule has 4 nitrogen and oxygen atoms in total. The maximum Gasteiger partial charge on any atom is 0.257 e. The molecule has 0 radical (unpaired) electrons. The van der Waals surface area contributed by atoms with Gasteiger partial charge < -0.3 is 14.7 Å². The number of nitrogens with zero attached hydrogens (tertiary/aromatic N) is 1. The summed E-state index contributed by atoms with van der Waals surface area (Å²) >= 11 is 0. The third-order valence-corrected chi connectivity index (χ3v) is 4.87. The number of aryl methyl sites for hydroxylation is 1. The van der Waals surface area contributed by atoms with E-state index in [-0.39, 0.29) is 23.4 Å². The molecule has 5 heteroatoms. The largest absolute Gasteiger partial charge is 0.393 e. The topological polar surface area (TPSA) is 49.8 Å². The zero-order chi connectivity index (χ0) is 15.7. The van der Waals surface area contributed by atoms with Crippen LogP contribution in [0.1, 0.15) is 35.2 Å². The molecule has 120 valence electrons. The van der Waals surface area contributed by atoms with Crippen LogP contribution in [0, 0.1) is 18.7 Å². The van der Waals surface area contributed by atoms with Gasteiger partial charge in [0.05, 0.1) is 30.9 Å². The first-order chi connectivity index (χ1) is 10.6. The zero-order valence-electron chi connectivity index (χ0n) is 12.8. The molecule has 1 aliphatic heterocycles. The van der Waals surface area contributed by atoms with E-state index in [1.807, 2.05) is 0 Å². The predicted octanol–water partition coefficient (Wildman–Crippen LogP) is 2.14. The van der Waals surface area contributed by atoms with Gasteiger partial charge in [-0.2, -0.15) is 0 Å². The van der Waals surface area contributed by atoms with Gasteiger partial charge in [-0.25, -0.2) is 4.39 Å².